The summed E-state index contributed by atoms with van der Waals surface area (Å²) in [5, 5.41) is 10.2. The van der Waals surface area contributed by atoms with Gasteiger partial charge in [0.2, 0.25) is 0 Å². The Bertz CT molecular complexity index is 769. The monoisotopic (exact) mass is 364 g/mol. The first-order valence-corrected chi connectivity index (χ1v) is 8.41. The van der Waals surface area contributed by atoms with E-state index in [4.69, 9.17) is 0 Å². The van der Waals surface area contributed by atoms with Gasteiger partial charge in [0.25, 0.3) is 5.91 Å². The van der Waals surface area contributed by atoms with Gasteiger partial charge in [0.1, 0.15) is 0 Å². The van der Waals surface area contributed by atoms with E-state index in [2.05, 4.69) is 27.3 Å². The van der Waals surface area contributed by atoms with Gasteiger partial charge in [-0.3, -0.25) is 4.79 Å². The number of halogens is 3. The summed E-state index contributed by atoms with van der Waals surface area (Å²) < 4.78 is 39.0. The van der Waals surface area contributed by atoms with Gasteiger partial charge in [-0.2, -0.15) is 13.2 Å². The SMILES string of the molecule is CC1CCN(c2ccc(C(=O)Nc3ccccc3C(F)(F)F)nn2)CC1. The minimum Gasteiger partial charge on any atom is -0.355 e. The molecule has 0 atom stereocenters. The fraction of sp³-hybridized carbons (Fsp3) is 0.389. The lowest BCUT2D eigenvalue weighted by molar-refractivity contribution is -0.136. The zero-order chi connectivity index (χ0) is 18.7. The van der Waals surface area contributed by atoms with Crippen molar-refractivity contribution in [2.75, 3.05) is 23.3 Å². The van der Waals surface area contributed by atoms with Crippen LogP contribution in [0.15, 0.2) is 36.4 Å². The standard InChI is InChI=1S/C18H19F3N4O/c1-12-8-10-25(11-9-12)16-7-6-15(23-24-16)17(26)22-14-5-3-2-4-13(14)18(19,20)21/h2-7,12H,8-11H2,1H3,(H,22,26). The Kier molecular flexibility index (Phi) is 5.11. The lowest BCUT2D eigenvalue weighted by atomic mass is 9.99. The summed E-state index contributed by atoms with van der Waals surface area (Å²) >= 11 is 0. The van der Waals surface area contributed by atoms with Crippen molar-refractivity contribution in [2.24, 2.45) is 5.92 Å². The van der Waals surface area contributed by atoms with Gasteiger partial charge in [0.15, 0.2) is 11.5 Å². The molecule has 1 aromatic heterocycles. The van der Waals surface area contributed by atoms with Crippen LogP contribution >= 0.6 is 0 Å². The molecule has 5 nitrogen and oxygen atoms in total. The van der Waals surface area contributed by atoms with Crippen LogP contribution in [0.1, 0.15) is 35.8 Å². The Morgan fingerprint density at radius 3 is 2.42 bits per heavy atom. The minimum atomic E-state index is -4.55. The summed E-state index contributed by atoms with van der Waals surface area (Å²) in [6.45, 7) is 3.95. The molecule has 0 unspecified atom stereocenters. The van der Waals surface area contributed by atoms with Crippen LogP contribution in [0.4, 0.5) is 24.7 Å². The number of aromatic nitrogens is 2. The van der Waals surface area contributed by atoms with Crippen molar-refractivity contribution in [3.05, 3.63) is 47.7 Å². The number of nitrogens with one attached hydrogen (secondary N) is 1. The van der Waals surface area contributed by atoms with Crippen LogP contribution in [0.3, 0.4) is 0 Å². The molecule has 1 N–H and O–H groups in total. The lowest BCUT2D eigenvalue weighted by Gasteiger charge is -2.30. The molecule has 8 heteroatoms. The molecule has 138 valence electrons. The van der Waals surface area contributed by atoms with Gasteiger partial charge in [0, 0.05) is 13.1 Å². The third-order valence-electron chi connectivity index (χ3n) is 4.47. The maximum Gasteiger partial charge on any atom is 0.418 e. The number of hydrogen-bond donors (Lipinski definition) is 1. The molecule has 0 saturated carbocycles. The normalized spacial score (nSPS) is 15.8. The maximum atomic E-state index is 13.0. The number of hydrogen-bond acceptors (Lipinski definition) is 4. The predicted octanol–water partition coefficient (Wildman–Crippen LogP) is 3.98. The van der Waals surface area contributed by atoms with E-state index in [-0.39, 0.29) is 11.4 Å². The first kappa shape index (κ1) is 18.2. The third kappa shape index (κ3) is 4.12. The van der Waals surface area contributed by atoms with Gasteiger partial charge < -0.3 is 10.2 Å². The zero-order valence-corrected chi connectivity index (χ0v) is 14.3. The second-order valence-electron chi connectivity index (χ2n) is 6.44. The van der Waals surface area contributed by atoms with Crippen molar-refractivity contribution >= 4 is 17.4 Å². The number of piperidine rings is 1. The molecule has 1 fully saturated rings. The number of anilines is 2. The smallest absolute Gasteiger partial charge is 0.355 e. The zero-order valence-electron chi connectivity index (χ0n) is 14.3. The van der Waals surface area contributed by atoms with E-state index in [0.717, 1.165) is 32.0 Å². The molecule has 1 aliphatic rings. The van der Waals surface area contributed by atoms with Crippen molar-refractivity contribution in [3.63, 3.8) is 0 Å². The van der Waals surface area contributed by atoms with Gasteiger partial charge in [-0.05, 0) is 43.0 Å². The van der Waals surface area contributed by atoms with Crippen LogP contribution in [0, 0.1) is 5.92 Å². The molecule has 2 heterocycles. The van der Waals surface area contributed by atoms with E-state index in [1.165, 1.54) is 24.3 Å². The maximum absolute atomic E-state index is 13.0. The highest BCUT2D eigenvalue weighted by molar-refractivity contribution is 6.03. The first-order valence-electron chi connectivity index (χ1n) is 8.41. The van der Waals surface area contributed by atoms with Crippen molar-refractivity contribution in [2.45, 2.75) is 25.9 Å². The Balaban J connectivity index is 1.71. The van der Waals surface area contributed by atoms with Crippen LogP contribution in [0.5, 0.6) is 0 Å². The van der Waals surface area contributed by atoms with E-state index < -0.39 is 17.6 Å². The Labute approximate surface area is 149 Å². The quantitative estimate of drug-likeness (QED) is 0.895. The molecule has 0 spiro atoms. The highest BCUT2D eigenvalue weighted by atomic mass is 19.4. The van der Waals surface area contributed by atoms with Crippen molar-refractivity contribution in [1.29, 1.82) is 0 Å². The topological polar surface area (TPSA) is 58.1 Å². The molecule has 0 radical (unpaired) electrons. The largest absolute Gasteiger partial charge is 0.418 e. The van der Waals surface area contributed by atoms with Gasteiger partial charge in [-0.15, -0.1) is 10.2 Å². The molecule has 3 rings (SSSR count). The molecule has 2 aromatic rings. The van der Waals surface area contributed by atoms with E-state index in [1.54, 1.807) is 6.07 Å². The predicted molar refractivity (Wildman–Crippen MR) is 92.0 cm³/mol. The van der Waals surface area contributed by atoms with E-state index in [0.29, 0.717) is 11.7 Å². The molecule has 0 aliphatic carbocycles. The van der Waals surface area contributed by atoms with E-state index >= 15 is 0 Å². The highest BCUT2D eigenvalue weighted by Crippen LogP contribution is 2.34. The number of carbonyl (C=O) groups excluding carboxylic acids is 1. The number of carbonyl (C=O) groups is 1. The minimum absolute atomic E-state index is 0.0314. The van der Waals surface area contributed by atoms with Gasteiger partial charge >= 0.3 is 6.18 Å². The second-order valence-corrected chi connectivity index (χ2v) is 6.44. The summed E-state index contributed by atoms with van der Waals surface area (Å²) in [5.74, 6) is 0.620. The molecular weight excluding hydrogens is 345 g/mol. The first-order chi connectivity index (χ1) is 12.3. The number of amides is 1. The number of benzene rings is 1. The molecular formula is C18H19F3N4O. The second kappa shape index (κ2) is 7.31. The van der Waals surface area contributed by atoms with Gasteiger partial charge in [-0.25, -0.2) is 0 Å². The number of para-hydroxylation sites is 1. The van der Waals surface area contributed by atoms with E-state index in [1.807, 2.05) is 0 Å². The summed E-state index contributed by atoms with van der Waals surface area (Å²) in [4.78, 5) is 14.3. The van der Waals surface area contributed by atoms with Crippen LogP contribution < -0.4 is 10.2 Å². The molecule has 1 amide bonds. The average Bonchev–Trinajstić information content (AvgIpc) is 2.62. The summed E-state index contributed by atoms with van der Waals surface area (Å²) in [5.41, 5.74) is -1.24. The number of nitrogens with zero attached hydrogens (tertiary/aromatic N) is 3. The van der Waals surface area contributed by atoms with Crippen LogP contribution in [-0.2, 0) is 6.18 Å². The fourth-order valence-electron chi connectivity index (χ4n) is 2.88. The third-order valence-corrected chi connectivity index (χ3v) is 4.47. The molecule has 0 bridgehead atoms. The van der Waals surface area contributed by atoms with Gasteiger partial charge in [-0.1, -0.05) is 19.1 Å². The Hall–Kier alpha value is -2.64. The summed E-state index contributed by atoms with van der Waals surface area (Å²) in [6.07, 6.45) is -2.42. The summed E-state index contributed by atoms with van der Waals surface area (Å²) in [7, 11) is 0. The molecule has 26 heavy (non-hydrogen) atoms. The van der Waals surface area contributed by atoms with Crippen LogP contribution in [-0.4, -0.2) is 29.2 Å². The number of alkyl halides is 3. The average molecular weight is 364 g/mol. The number of rotatable bonds is 3. The van der Waals surface area contributed by atoms with Crippen molar-refractivity contribution in [3.8, 4) is 0 Å². The Morgan fingerprint density at radius 1 is 1.12 bits per heavy atom. The summed E-state index contributed by atoms with van der Waals surface area (Å²) in [6, 6.07) is 7.97. The van der Waals surface area contributed by atoms with E-state index in [9.17, 15) is 18.0 Å². The lowest BCUT2D eigenvalue weighted by Crippen LogP contribution is -2.33. The van der Waals surface area contributed by atoms with Crippen molar-refractivity contribution in [1.82, 2.24) is 10.2 Å². The van der Waals surface area contributed by atoms with Crippen LogP contribution in [0.25, 0.3) is 0 Å². The molecule has 1 aromatic carbocycles. The Morgan fingerprint density at radius 2 is 1.81 bits per heavy atom. The van der Waals surface area contributed by atoms with Crippen LogP contribution in [0.2, 0.25) is 0 Å². The molecule has 1 aliphatic heterocycles. The molecule has 1 saturated heterocycles. The highest BCUT2D eigenvalue weighted by Gasteiger charge is 2.33. The fourth-order valence-corrected chi connectivity index (χ4v) is 2.88. The van der Waals surface area contributed by atoms with Gasteiger partial charge in [0.05, 0.1) is 11.3 Å². The van der Waals surface area contributed by atoms with Crippen molar-refractivity contribution < 1.29 is 18.0 Å².